The average Bonchev–Trinajstić information content (AvgIpc) is 3.10. The molecule has 1 N–H and O–H groups in total. The van der Waals surface area contributed by atoms with Crippen LogP contribution in [-0.2, 0) is 24.0 Å². The number of thioether (sulfide) groups is 1. The van der Waals surface area contributed by atoms with Gasteiger partial charge in [-0.15, -0.1) is 11.8 Å². The van der Waals surface area contributed by atoms with E-state index in [9.17, 15) is 4.79 Å². The van der Waals surface area contributed by atoms with E-state index >= 15 is 0 Å². The summed E-state index contributed by atoms with van der Waals surface area (Å²) in [7, 11) is 1.92. The Balaban J connectivity index is 1.37. The molecule has 0 saturated carbocycles. The fraction of sp³-hybridized carbons (Fsp3) is 0.238. The Bertz CT molecular complexity index is 828. The van der Waals surface area contributed by atoms with Crippen molar-refractivity contribution in [2.24, 2.45) is 7.05 Å². The van der Waals surface area contributed by atoms with Crippen molar-refractivity contribution in [2.75, 3.05) is 12.3 Å². The van der Waals surface area contributed by atoms with Crippen LogP contribution < -0.4 is 5.32 Å². The lowest BCUT2D eigenvalue weighted by Crippen LogP contribution is -2.27. The van der Waals surface area contributed by atoms with Crippen molar-refractivity contribution >= 4 is 17.7 Å². The van der Waals surface area contributed by atoms with E-state index < -0.39 is 0 Å². The Hall–Kier alpha value is -2.53. The van der Waals surface area contributed by atoms with Gasteiger partial charge >= 0.3 is 0 Å². The summed E-state index contributed by atoms with van der Waals surface area (Å²) >= 11 is 1.64. The van der Waals surface area contributed by atoms with E-state index in [0.29, 0.717) is 12.3 Å². The minimum atomic E-state index is 0.0953. The van der Waals surface area contributed by atoms with E-state index in [1.165, 1.54) is 11.1 Å². The highest BCUT2D eigenvalue weighted by molar-refractivity contribution is 7.99. The largest absolute Gasteiger partial charge is 0.355 e. The molecule has 0 atom stereocenters. The predicted molar refractivity (Wildman–Crippen MR) is 108 cm³/mol. The van der Waals surface area contributed by atoms with Crippen LogP contribution in [0.15, 0.2) is 67.0 Å². The standard InChI is InChI=1S/C21H23N3OS/c1-24-14-20(13-23-24)19-9-7-17(8-10-19)11-12-22-21(25)16-26-15-18-5-3-2-4-6-18/h2-10,13-14H,11-12,15-16H2,1H3,(H,22,25). The second-order valence-corrected chi connectivity index (χ2v) is 7.16. The zero-order chi connectivity index (χ0) is 18.2. The lowest BCUT2D eigenvalue weighted by Gasteiger charge is -2.06. The molecule has 1 amide bonds. The summed E-state index contributed by atoms with van der Waals surface area (Å²) in [6.07, 6.45) is 4.70. The number of aryl methyl sites for hydroxylation is 1. The molecule has 0 radical (unpaired) electrons. The zero-order valence-corrected chi connectivity index (χ0v) is 15.7. The van der Waals surface area contributed by atoms with Crippen LogP contribution in [0.1, 0.15) is 11.1 Å². The Morgan fingerprint density at radius 1 is 1.04 bits per heavy atom. The molecule has 0 fully saturated rings. The molecule has 3 aromatic rings. The van der Waals surface area contributed by atoms with Crippen molar-refractivity contribution in [3.05, 3.63) is 78.1 Å². The first-order valence-electron chi connectivity index (χ1n) is 8.67. The van der Waals surface area contributed by atoms with E-state index in [0.717, 1.165) is 23.3 Å². The van der Waals surface area contributed by atoms with Gasteiger partial charge in [0.05, 0.1) is 11.9 Å². The molecule has 1 heterocycles. The maximum absolute atomic E-state index is 11.9. The predicted octanol–water partition coefficient (Wildman–Crippen LogP) is 3.68. The first-order chi connectivity index (χ1) is 12.7. The van der Waals surface area contributed by atoms with Gasteiger partial charge in [-0.3, -0.25) is 9.48 Å². The number of hydrogen-bond acceptors (Lipinski definition) is 3. The van der Waals surface area contributed by atoms with Gasteiger partial charge in [0.1, 0.15) is 0 Å². The molecule has 0 unspecified atom stereocenters. The van der Waals surface area contributed by atoms with Crippen LogP contribution in [0.25, 0.3) is 11.1 Å². The summed E-state index contributed by atoms with van der Waals surface area (Å²) in [5.74, 6) is 1.46. The number of carbonyl (C=O) groups is 1. The molecule has 26 heavy (non-hydrogen) atoms. The number of nitrogens with one attached hydrogen (secondary N) is 1. The van der Waals surface area contributed by atoms with Gasteiger partial charge in [0.15, 0.2) is 0 Å². The maximum atomic E-state index is 11.9. The summed E-state index contributed by atoms with van der Waals surface area (Å²) < 4.78 is 1.80. The van der Waals surface area contributed by atoms with Crippen molar-refractivity contribution in [3.8, 4) is 11.1 Å². The normalized spacial score (nSPS) is 10.7. The number of aromatic nitrogens is 2. The third-order valence-electron chi connectivity index (χ3n) is 4.07. The number of nitrogens with zero attached hydrogens (tertiary/aromatic N) is 2. The smallest absolute Gasteiger partial charge is 0.230 e. The quantitative estimate of drug-likeness (QED) is 0.662. The minimum absolute atomic E-state index is 0.0953. The second kappa shape index (κ2) is 9.25. The molecule has 0 saturated heterocycles. The van der Waals surface area contributed by atoms with Crippen LogP contribution >= 0.6 is 11.8 Å². The van der Waals surface area contributed by atoms with Gasteiger partial charge in [-0.05, 0) is 23.1 Å². The highest BCUT2D eigenvalue weighted by Crippen LogP contribution is 2.18. The van der Waals surface area contributed by atoms with Crippen molar-refractivity contribution in [2.45, 2.75) is 12.2 Å². The molecule has 0 bridgehead atoms. The van der Waals surface area contributed by atoms with E-state index in [1.54, 1.807) is 16.4 Å². The van der Waals surface area contributed by atoms with E-state index in [2.05, 4.69) is 46.8 Å². The summed E-state index contributed by atoms with van der Waals surface area (Å²) in [5, 5.41) is 7.19. The molecule has 0 spiro atoms. The molecule has 1 aromatic heterocycles. The van der Waals surface area contributed by atoms with Crippen molar-refractivity contribution in [1.82, 2.24) is 15.1 Å². The third-order valence-corrected chi connectivity index (χ3v) is 5.08. The minimum Gasteiger partial charge on any atom is -0.355 e. The van der Waals surface area contributed by atoms with Crippen LogP contribution in [0.5, 0.6) is 0 Å². The molecule has 4 nitrogen and oxygen atoms in total. The van der Waals surface area contributed by atoms with Gasteiger partial charge in [0.25, 0.3) is 0 Å². The Kier molecular flexibility index (Phi) is 6.50. The van der Waals surface area contributed by atoms with Crippen LogP contribution in [0, 0.1) is 0 Å². The van der Waals surface area contributed by atoms with Crippen molar-refractivity contribution in [1.29, 1.82) is 0 Å². The number of carbonyl (C=O) groups excluding carboxylic acids is 1. The lowest BCUT2D eigenvalue weighted by molar-refractivity contribution is -0.118. The van der Waals surface area contributed by atoms with Crippen LogP contribution in [0.2, 0.25) is 0 Å². The van der Waals surface area contributed by atoms with Crippen molar-refractivity contribution < 1.29 is 4.79 Å². The monoisotopic (exact) mass is 365 g/mol. The molecule has 2 aromatic carbocycles. The summed E-state index contributed by atoms with van der Waals surface area (Å²) in [6, 6.07) is 18.6. The Labute approximate surface area is 158 Å². The van der Waals surface area contributed by atoms with E-state index in [4.69, 9.17) is 0 Å². The SMILES string of the molecule is Cn1cc(-c2ccc(CCNC(=O)CSCc3ccccc3)cc2)cn1. The van der Waals surface area contributed by atoms with Gasteiger partial charge in [0, 0.05) is 31.1 Å². The molecular formula is C21H23N3OS. The van der Waals surface area contributed by atoms with Gasteiger partial charge < -0.3 is 5.32 Å². The first-order valence-corrected chi connectivity index (χ1v) is 9.82. The third kappa shape index (κ3) is 5.49. The van der Waals surface area contributed by atoms with Crippen LogP contribution in [-0.4, -0.2) is 28.0 Å². The molecule has 0 aliphatic rings. The summed E-state index contributed by atoms with van der Waals surface area (Å²) in [4.78, 5) is 11.9. The lowest BCUT2D eigenvalue weighted by atomic mass is 10.1. The van der Waals surface area contributed by atoms with Crippen molar-refractivity contribution in [3.63, 3.8) is 0 Å². The molecular weight excluding hydrogens is 342 g/mol. The summed E-state index contributed by atoms with van der Waals surface area (Å²) in [5.41, 5.74) is 4.74. The molecule has 0 aliphatic heterocycles. The molecule has 134 valence electrons. The highest BCUT2D eigenvalue weighted by atomic mass is 32.2. The molecule has 0 aliphatic carbocycles. The number of rotatable bonds is 8. The van der Waals surface area contributed by atoms with Gasteiger partial charge in [-0.2, -0.15) is 5.10 Å². The van der Waals surface area contributed by atoms with Crippen LogP contribution in [0.3, 0.4) is 0 Å². The number of benzene rings is 2. The highest BCUT2D eigenvalue weighted by Gasteiger charge is 2.03. The van der Waals surface area contributed by atoms with Gasteiger partial charge in [-0.1, -0.05) is 54.6 Å². The molecule has 5 heteroatoms. The van der Waals surface area contributed by atoms with E-state index in [-0.39, 0.29) is 5.91 Å². The zero-order valence-electron chi connectivity index (χ0n) is 14.9. The number of hydrogen-bond donors (Lipinski definition) is 1. The van der Waals surface area contributed by atoms with Gasteiger partial charge in [0.2, 0.25) is 5.91 Å². The second-order valence-electron chi connectivity index (χ2n) is 6.18. The van der Waals surface area contributed by atoms with Gasteiger partial charge in [-0.25, -0.2) is 0 Å². The van der Waals surface area contributed by atoms with E-state index in [1.807, 2.05) is 37.6 Å². The van der Waals surface area contributed by atoms with Crippen LogP contribution in [0.4, 0.5) is 0 Å². The average molecular weight is 366 g/mol. The fourth-order valence-electron chi connectivity index (χ4n) is 2.67. The number of amides is 1. The maximum Gasteiger partial charge on any atom is 0.230 e. The molecule has 3 rings (SSSR count). The summed E-state index contributed by atoms with van der Waals surface area (Å²) in [6.45, 7) is 0.664. The Morgan fingerprint density at radius 2 is 1.81 bits per heavy atom. The topological polar surface area (TPSA) is 46.9 Å². The fourth-order valence-corrected chi connectivity index (χ4v) is 3.48. The first kappa shape index (κ1) is 18.3. The Morgan fingerprint density at radius 3 is 2.50 bits per heavy atom.